The van der Waals surface area contributed by atoms with E-state index in [4.69, 9.17) is 27.9 Å². The van der Waals surface area contributed by atoms with Crippen LogP contribution in [0.4, 0.5) is 0 Å². The zero-order valence-corrected chi connectivity index (χ0v) is 19.0. The lowest BCUT2D eigenvalue weighted by Crippen LogP contribution is -2.27. The van der Waals surface area contributed by atoms with Gasteiger partial charge in [0.25, 0.3) is 0 Å². The minimum atomic E-state index is 0.342. The Balaban J connectivity index is 1.92. The Kier molecular flexibility index (Phi) is 9.94. The highest BCUT2D eigenvalue weighted by Crippen LogP contribution is 2.28. The average molecular weight is 474 g/mol. The third kappa shape index (κ3) is 7.28. The van der Waals surface area contributed by atoms with Gasteiger partial charge in [-0.15, -0.1) is 0 Å². The standard InChI is InChI=1S/C21H27BrCl2N2O/c1-3-26(4-2)12-6-11-25-14-16-13-17(22)9-10-21(16)27-15-18-19(23)7-5-8-20(18)24/h5,7-10,13,25H,3-4,6,11-12,14-15H2,1-2H3. The van der Waals surface area contributed by atoms with E-state index < -0.39 is 0 Å². The molecule has 2 rings (SSSR count). The van der Waals surface area contributed by atoms with Crippen molar-refractivity contribution in [3.8, 4) is 5.75 Å². The van der Waals surface area contributed by atoms with Gasteiger partial charge in [-0.2, -0.15) is 0 Å². The summed E-state index contributed by atoms with van der Waals surface area (Å²) in [7, 11) is 0. The second kappa shape index (κ2) is 11.9. The highest BCUT2D eigenvalue weighted by Gasteiger charge is 2.09. The van der Waals surface area contributed by atoms with Crippen molar-refractivity contribution in [2.45, 2.75) is 33.4 Å². The summed E-state index contributed by atoms with van der Waals surface area (Å²) in [4.78, 5) is 2.43. The van der Waals surface area contributed by atoms with E-state index in [1.807, 2.05) is 30.3 Å². The van der Waals surface area contributed by atoms with Gasteiger partial charge in [-0.3, -0.25) is 0 Å². The molecule has 148 valence electrons. The van der Waals surface area contributed by atoms with Crippen molar-refractivity contribution in [2.75, 3.05) is 26.2 Å². The number of ether oxygens (including phenoxy) is 1. The van der Waals surface area contributed by atoms with E-state index in [0.29, 0.717) is 16.7 Å². The van der Waals surface area contributed by atoms with E-state index in [9.17, 15) is 0 Å². The molecule has 3 nitrogen and oxygen atoms in total. The van der Waals surface area contributed by atoms with Crippen LogP contribution in [0.1, 0.15) is 31.4 Å². The molecule has 27 heavy (non-hydrogen) atoms. The van der Waals surface area contributed by atoms with Crippen LogP contribution in [0.3, 0.4) is 0 Å². The lowest BCUT2D eigenvalue weighted by atomic mass is 10.2. The van der Waals surface area contributed by atoms with Gasteiger partial charge in [0, 0.05) is 32.2 Å². The maximum Gasteiger partial charge on any atom is 0.124 e. The first kappa shape index (κ1) is 22.5. The van der Waals surface area contributed by atoms with Crippen molar-refractivity contribution in [2.24, 2.45) is 0 Å². The van der Waals surface area contributed by atoms with E-state index in [2.05, 4.69) is 46.1 Å². The van der Waals surface area contributed by atoms with Gasteiger partial charge >= 0.3 is 0 Å². The van der Waals surface area contributed by atoms with Crippen LogP contribution in [0.25, 0.3) is 0 Å². The summed E-state index contributed by atoms with van der Waals surface area (Å²) in [6, 6.07) is 11.5. The van der Waals surface area contributed by atoms with Gasteiger partial charge in [-0.05, 0) is 62.9 Å². The number of hydrogen-bond acceptors (Lipinski definition) is 3. The van der Waals surface area contributed by atoms with Crippen molar-refractivity contribution < 1.29 is 4.74 Å². The van der Waals surface area contributed by atoms with Crippen LogP contribution in [-0.2, 0) is 13.2 Å². The number of benzene rings is 2. The minimum Gasteiger partial charge on any atom is -0.488 e. The number of hydrogen-bond donors (Lipinski definition) is 1. The number of rotatable bonds is 11. The number of nitrogens with zero attached hydrogens (tertiary/aromatic N) is 1. The molecule has 0 unspecified atom stereocenters. The van der Waals surface area contributed by atoms with Crippen molar-refractivity contribution in [3.05, 3.63) is 62.0 Å². The molecule has 2 aromatic carbocycles. The van der Waals surface area contributed by atoms with Gasteiger partial charge in [-0.1, -0.05) is 59.0 Å². The Morgan fingerprint density at radius 1 is 1.07 bits per heavy atom. The molecule has 0 saturated heterocycles. The summed E-state index contributed by atoms with van der Waals surface area (Å²) >= 11 is 16.0. The predicted octanol–water partition coefficient (Wildman–Crippen LogP) is 6.16. The average Bonchev–Trinajstić information content (AvgIpc) is 2.65. The van der Waals surface area contributed by atoms with Crippen LogP contribution in [0.2, 0.25) is 10.0 Å². The molecule has 0 heterocycles. The lowest BCUT2D eigenvalue weighted by molar-refractivity contribution is 0.295. The van der Waals surface area contributed by atoms with Crippen molar-refractivity contribution >= 4 is 39.1 Å². The molecule has 0 aliphatic heterocycles. The van der Waals surface area contributed by atoms with Gasteiger partial charge in [0.2, 0.25) is 0 Å². The first-order valence-electron chi connectivity index (χ1n) is 9.32. The quantitative estimate of drug-likeness (QED) is 0.395. The maximum absolute atomic E-state index is 6.24. The summed E-state index contributed by atoms with van der Waals surface area (Å²) in [5.74, 6) is 0.838. The molecule has 6 heteroatoms. The second-order valence-electron chi connectivity index (χ2n) is 6.30. The predicted molar refractivity (Wildman–Crippen MR) is 119 cm³/mol. The largest absolute Gasteiger partial charge is 0.488 e. The van der Waals surface area contributed by atoms with Crippen molar-refractivity contribution in [1.29, 1.82) is 0 Å². The SMILES string of the molecule is CCN(CC)CCCNCc1cc(Br)ccc1OCc1c(Cl)cccc1Cl. The first-order chi connectivity index (χ1) is 13.0. The Bertz CT molecular complexity index is 703. The summed E-state index contributed by atoms with van der Waals surface area (Å²) in [5, 5.41) is 4.76. The van der Waals surface area contributed by atoms with E-state index in [1.54, 1.807) is 0 Å². The van der Waals surface area contributed by atoms with Gasteiger partial charge in [0.05, 0.1) is 0 Å². The van der Waals surface area contributed by atoms with Crippen LogP contribution in [0.5, 0.6) is 5.75 Å². The summed E-state index contributed by atoms with van der Waals surface area (Å²) in [5.41, 5.74) is 1.91. The first-order valence-corrected chi connectivity index (χ1v) is 10.9. The molecule has 0 saturated carbocycles. The molecule has 0 aromatic heterocycles. The molecular weight excluding hydrogens is 447 g/mol. The topological polar surface area (TPSA) is 24.5 Å². The van der Waals surface area contributed by atoms with Crippen LogP contribution >= 0.6 is 39.1 Å². The number of halogens is 3. The molecule has 0 radical (unpaired) electrons. The Morgan fingerprint density at radius 2 is 1.78 bits per heavy atom. The van der Waals surface area contributed by atoms with E-state index in [0.717, 1.165) is 60.5 Å². The molecule has 0 bridgehead atoms. The van der Waals surface area contributed by atoms with Gasteiger partial charge in [-0.25, -0.2) is 0 Å². The van der Waals surface area contributed by atoms with Crippen LogP contribution in [-0.4, -0.2) is 31.1 Å². The molecular formula is C21H27BrCl2N2O. The molecule has 0 amide bonds. The Hall–Kier alpha value is -0.780. The molecule has 0 aliphatic rings. The monoisotopic (exact) mass is 472 g/mol. The normalized spacial score (nSPS) is 11.2. The highest BCUT2D eigenvalue weighted by molar-refractivity contribution is 9.10. The maximum atomic E-state index is 6.24. The van der Waals surface area contributed by atoms with E-state index >= 15 is 0 Å². The molecule has 0 atom stereocenters. The zero-order valence-electron chi connectivity index (χ0n) is 15.9. The van der Waals surface area contributed by atoms with Gasteiger partial charge < -0.3 is 15.0 Å². The van der Waals surface area contributed by atoms with Crippen LogP contribution < -0.4 is 10.1 Å². The molecule has 0 spiro atoms. The minimum absolute atomic E-state index is 0.342. The zero-order chi connectivity index (χ0) is 19.6. The second-order valence-corrected chi connectivity index (χ2v) is 8.03. The summed E-state index contributed by atoms with van der Waals surface area (Å²) < 4.78 is 7.06. The Morgan fingerprint density at radius 3 is 2.44 bits per heavy atom. The fourth-order valence-electron chi connectivity index (χ4n) is 2.84. The van der Waals surface area contributed by atoms with E-state index in [-0.39, 0.29) is 0 Å². The molecule has 1 N–H and O–H groups in total. The van der Waals surface area contributed by atoms with Crippen molar-refractivity contribution in [1.82, 2.24) is 10.2 Å². The fraction of sp³-hybridized carbons (Fsp3) is 0.429. The van der Waals surface area contributed by atoms with Gasteiger partial charge in [0.1, 0.15) is 12.4 Å². The van der Waals surface area contributed by atoms with Crippen LogP contribution in [0, 0.1) is 0 Å². The molecule has 2 aromatic rings. The third-order valence-corrected chi connectivity index (χ3v) is 5.70. The summed E-state index contributed by atoms with van der Waals surface area (Å²) in [6.45, 7) is 9.79. The fourth-order valence-corrected chi connectivity index (χ4v) is 3.75. The highest BCUT2D eigenvalue weighted by atomic mass is 79.9. The van der Waals surface area contributed by atoms with Gasteiger partial charge in [0.15, 0.2) is 0 Å². The molecule has 0 fully saturated rings. The summed E-state index contributed by atoms with van der Waals surface area (Å²) in [6.07, 6.45) is 1.13. The third-order valence-electron chi connectivity index (χ3n) is 4.49. The smallest absolute Gasteiger partial charge is 0.124 e. The molecule has 0 aliphatic carbocycles. The lowest BCUT2D eigenvalue weighted by Gasteiger charge is -2.18. The van der Waals surface area contributed by atoms with E-state index in [1.165, 1.54) is 0 Å². The van der Waals surface area contributed by atoms with Crippen LogP contribution in [0.15, 0.2) is 40.9 Å². The van der Waals surface area contributed by atoms with Crippen molar-refractivity contribution in [3.63, 3.8) is 0 Å². The number of nitrogens with one attached hydrogen (secondary N) is 1. The Labute approximate surface area is 181 Å².